The minimum atomic E-state index is 0.419. The molecule has 1 heterocycles. The fraction of sp³-hybridized carbons (Fsp3) is 0.267. The van der Waals surface area contributed by atoms with E-state index in [1.807, 2.05) is 7.05 Å². The Morgan fingerprint density at radius 1 is 1.16 bits per heavy atom. The van der Waals surface area contributed by atoms with Crippen LogP contribution in [-0.2, 0) is 6.54 Å². The molecule has 0 aliphatic rings. The van der Waals surface area contributed by atoms with E-state index in [4.69, 9.17) is 23.2 Å². The van der Waals surface area contributed by atoms with Crippen molar-refractivity contribution in [3.05, 3.63) is 57.3 Å². The highest BCUT2D eigenvalue weighted by Gasteiger charge is 2.09. The average Bonchev–Trinajstić information content (AvgIpc) is 2.32. The summed E-state index contributed by atoms with van der Waals surface area (Å²) in [5.74, 6) is 0. The molecule has 0 spiro atoms. The maximum atomic E-state index is 6.17. The van der Waals surface area contributed by atoms with Gasteiger partial charge in [-0.25, -0.2) is 4.98 Å². The van der Waals surface area contributed by atoms with E-state index in [0.717, 1.165) is 5.56 Å². The second-order valence-electron chi connectivity index (χ2n) is 4.74. The lowest BCUT2D eigenvalue weighted by Crippen LogP contribution is -2.17. The standard InChI is InChI=1S/C15H16Cl2N2/c1-10-4-5-14(11(2)6-10)19(3)9-12-8-18-15(17)7-13(12)16/h4-8H,9H2,1-3H3. The molecule has 4 heteroatoms. The van der Waals surface area contributed by atoms with Gasteiger partial charge >= 0.3 is 0 Å². The van der Waals surface area contributed by atoms with Crippen LogP contribution in [0.3, 0.4) is 0 Å². The summed E-state index contributed by atoms with van der Waals surface area (Å²) >= 11 is 12.0. The molecular formula is C15H16Cl2N2. The molecule has 2 nitrogen and oxygen atoms in total. The van der Waals surface area contributed by atoms with Crippen molar-refractivity contribution < 1.29 is 0 Å². The first-order chi connectivity index (χ1) is 8.97. The molecule has 0 radical (unpaired) electrons. The molecule has 0 aliphatic heterocycles. The molecule has 0 N–H and O–H groups in total. The van der Waals surface area contributed by atoms with Gasteiger partial charge in [-0.05, 0) is 31.5 Å². The third kappa shape index (κ3) is 3.40. The van der Waals surface area contributed by atoms with Crippen LogP contribution >= 0.6 is 23.2 Å². The highest BCUT2D eigenvalue weighted by molar-refractivity contribution is 6.34. The van der Waals surface area contributed by atoms with Gasteiger partial charge in [-0.1, -0.05) is 40.9 Å². The predicted octanol–water partition coefficient (Wildman–Crippen LogP) is 4.64. The molecule has 0 unspecified atom stereocenters. The molecule has 0 fully saturated rings. The number of anilines is 1. The summed E-state index contributed by atoms with van der Waals surface area (Å²) in [5.41, 5.74) is 4.67. The van der Waals surface area contributed by atoms with E-state index < -0.39 is 0 Å². The summed E-state index contributed by atoms with van der Waals surface area (Å²) in [6.07, 6.45) is 1.73. The molecule has 0 atom stereocenters. The number of halogens is 2. The van der Waals surface area contributed by atoms with Crippen LogP contribution in [0.5, 0.6) is 0 Å². The highest BCUT2D eigenvalue weighted by atomic mass is 35.5. The Kier molecular flexibility index (Phi) is 4.33. The molecule has 1 aromatic heterocycles. The predicted molar refractivity (Wildman–Crippen MR) is 82.3 cm³/mol. The molecule has 0 saturated carbocycles. The summed E-state index contributed by atoms with van der Waals surface area (Å²) in [6.45, 7) is 4.91. The van der Waals surface area contributed by atoms with Crippen LogP contribution in [0.1, 0.15) is 16.7 Å². The number of hydrogen-bond acceptors (Lipinski definition) is 2. The molecule has 2 aromatic rings. The minimum absolute atomic E-state index is 0.419. The van der Waals surface area contributed by atoms with Crippen LogP contribution < -0.4 is 4.90 Å². The van der Waals surface area contributed by atoms with Crippen molar-refractivity contribution in [2.75, 3.05) is 11.9 Å². The SMILES string of the molecule is Cc1ccc(N(C)Cc2cnc(Cl)cc2Cl)c(C)c1. The van der Waals surface area contributed by atoms with Crippen molar-refractivity contribution in [1.29, 1.82) is 0 Å². The monoisotopic (exact) mass is 294 g/mol. The summed E-state index contributed by atoms with van der Waals surface area (Å²) in [5, 5.41) is 1.07. The number of aryl methyl sites for hydroxylation is 2. The maximum Gasteiger partial charge on any atom is 0.130 e. The third-order valence-corrected chi connectivity index (χ3v) is 3.63. The van der Waals surface area contributed by atoms with Gasteiger partial charge in [0.05, 0.1) is 5.02 Å². The highest BCUT2D eigenvalue weighted by Crippen LogP contribution is 2.25. The Bertz CT molecular complexity index is 597. The quantitative estimate of drug-likeness (QED) is 0.767. The van der Waals surface area contributed by atoms with Crippen LogP contribution in [0, 0.1) is 13.8 Å². The Hall–Kier alpha value is -1.25. The summed E-state index contributed by atoms with van der Waals surface area (Å²) in [6, 6.07) is 8.09. The normalized spacial score (nSPS) is 10.6. The molecular weight excluding hydrogens is 279 g/mol. The van der Waals surface area contributed by atoms with E-state index in [-0.39, 0.29) is 0 Å². The van der Waals surface area contributed by atoms with Crippen molar-refractivity contribution in [1.82, 2.24) is 4.98 Å². The number of benzene rings is 1. The largest absolute Gasteiger partial charge is 0.370 e. The van der Waals surface area contributed by atoms with Crippen molar-refractivity contribution in [3.63, 3.8) is 0 Å². The smallest absolute Gasteiger partial charge is 0.130 e. The number of nitrogens with zero attached hydrogens (tertiary/aromatic N) is 2. The second kappa shape index (κ2) is 5.81. The molecule has 0 amide bonds. The first-order valence-electron chi connectivity index (χ1n) is 6.05. The van der Waals surface area contributed by atoms with Crippen LogP contribution in [0.2, 0.25) is 10.2 Å². The lowest BCUT2D eigenvalue weighted by Gasteiger charge is -2.22. The number of aromatic nitrogens is 1. The Labute approximate surface area is 124 Å². The average molecular weight is 295 g/mol. The van der Waals surface area contributed by atoms with Gasteiger partial charge in [0.2, 0.25) is 0 Å². The van der Waals surface area contributed by atoms with Gasteiger partial charge in [0, 0.05) is 31.0 Å². The van der Waals surface area contributed by atoms with E-state index in [1.54, 1.807) is 12.3 Å². The van der Waals surface area contributed by atoms with Crippen molar-refractivity contribution in [2.24, 2.45) is 0 Å². The molecule has 2 rings (SSSR count). The Morgan fingerprint density at radius 3 is 2.53 bits per heavy atom. The maximum absolute atomic E-state index is 6.17. The summed E-state index contributed by atoms with van der Waals surface area (Å²) in [7, 11) is 2.04. The fourth-order valence-corrected chi connectivity index (χ4v) is 2.55. The lowest BCUT2D eigenvalue weighted by atomic mass is 10.1. The van der Waals surface area contributed by atoms with Crippen molar-refractivity contribution in [3.8, 4) is 0 Å². The number of pyridine rings is 1. The van der Waals surface area contributed by atoms with Crippen LogP contribution in [0.25, 0.3) is 0 Å². The van der Waals surface area contributed by atoms with Crippen LogP contribution in [0.4, 0.5) is 5.69 Å². The Morgan fingerprint density at radius 2 is 1.89 bits per heavy atom. The van der Waals surface area contributed by atoms with Crippen molar-refractivity contribution in [2.45, 2.75) is 20.4 Å². The van der Waals surface area contributed by atoms with E-state index in [2.05, 4.69) is 41.9 Å². The number of rotatable bonds is 3. The van der Waals surface area contributed by atoms with Gasteiger partial charge in [-0.15, -0.1) is 0 Å². The molecule has 0 saturated heterocycles. The minimum Gasteiger partial charge on any atom is -0.370 e. The first kappa shape index (κ1) is 14.2. The van der Waals surface area contributed by atoms with Crippen LogP contribution in [-0.4, -0.2) is 12.0 Å². The van der Waals surface area contributed by atoms with Gasteiger partial charge in [0.15, 0.2) is 0 Å². The number of hydrogen-bond donors (Lipinski definition) is 0. The zero-order valence-corrected chi connectivity index (χ0v) is 12.8. The van der Waals surface area contributed by atoms with Gasteiger partial charge < -0.3 is 4.90 Å². The molecule has 19 heavy (non-hydrogen) atoms. The van der Waals surface area contributed by atoms with Crippen molar-refractivity contribution >= 4 is 28.9 Å². The topological polar surface area (TPSA) is 16.1 Å². The molecule has 0 bridgehead atoms. The van der Waals surface area contributed by atoms with E-state index >= 15 is 0 Å². The third-order valence-electron chi connectivity index (χ3n) is 3.07. The first-order valence-corrected chi connectivity index (χ1v) is 6.81. The zero-order chi connectivity index (χ0) is 14.0. The second-order valence-corrected chi connectivity index (χ2v) is 5.54. The summed E-state index contributed by atoms with van der Waals surface area (Å²) < 4.78 is 0. The lowest BCUT2D eigenvalue weighted by molar-refractivity contribution is 0.909. The molecule has 1 aromatic carbocycles. The zero-order valence-electron chi connectivity index (χ0n) is 11.2. The van der Waals surface area contributed by atoms with Gasteiger partial charge in [-0.2, -0.15) is 0 Å². The molecule has 0 aliphatic carbocycles. The van der Waals surface area contributed by atoms with Gasteiger partial charge in [-0.3, -0.25) is 0 Å². The van der Waals surface area contributed by atoms with E-state index in [9.17, 15) is 0 Å². The van der Waals surface area contributed by atoms with Gasteiger partial charge in [0.25, 0.3) is 0 Å². The van der Waals surface area contributed by atoms with Gasteiger partial charge in [0.1, 0.15) is 5.15 Å². The van der Waals surface area contributed by atoms with E-state index in [1.165, 1.54) is 16.8 Å². The van der Waals surface area contributed by atoms with Crippen LogP contribution in [0.15, 0.2) is 30.5 Å². The van der Waals surface area contributed by atoms with E-state index in [0.29, 0.717) is 16.7 Å². The molecule has 100 valence electrons. The Balaban J connectivity index is 2.23. The fourth-order valence-electron chi connectivity index (χ4n) is 2.13. The summed E-state index contributed by atoms with van der Waals surface area (Å²) in [4.78, 5) is 6.24.